The molecule has 0 aliphatic carbocycles. The van der Waals surface area contributed by atoms with E-state index in [-0.39, 0.29) is 37.1 Å². The molecule has 0 bridgehead atoms. The maximum atomic E-state index is 13.2. The number of rotatable bonds is 18. The average Bonchev–Trinajstić information content (AvgIpc) is 2.88. The molecule has 0 spiro atoms. The molecule has 0 aliphatic heterocycles. The van der Waals surface area contributed by atoms with E-state index >= 15 is 0 Å². The van der Waals surface area contributed by atoms with Crippen molar-refractivity contribution in [3.8, 4) is 0 Å². The van der Waals surface area contributed by atoms with Gasteiger partial charge >= 0.3 is 6.03 Å². The van der Waals surface area contributed by atoms with Crippen molar-refractivity contribution in [3.63, 3.8) is 0 Å². The molecule has 12 heteroatoms. The summed E-state index contributed by atoms with van der Waals surface area (Å²) in [6.45, 7) is 8.64. The number of nitrogens with one attached hydrogen (secondary N) is 5. The quantitative estimate of drug-likeness (QED) is 0.0799. The lowest BCUT2D eigenvalue weighted by atomic mass is 10.0. The number of urea groups is 1. The summed E-state index contributed by atoms with van der Waals surface area (Å²) in [5.74, 6) is -0.896. The first-order valence-corrected chi connectivity index (χ1v) is 15.3. The van der Waals surface area contributed by atoms with Gasteiger partial charge in [0.05, 0.1) is 4.43 Å². The van der Waals surface area contributed by atoms with Crippen molar-refractivity contribution >= 4 is 57.9 Å². The lowest BCUT2D eigenvalue weighted by Gasteiger charge is -2.25. The Morgan fingerprint density at radius 2 is 1.48 bits per heavy atom. The first-order chi connectivity index (χ1) is 18.9. The SMILES string of the molecule is CC(C)Cc1ccc(NC(=O)[C@H](CCCNC(N)=O)NC(=O)C(NC(=O)CCCCNC(=O)CI)C(C)C)cc1. The van der Waals surface area contributed by atoms with Gasteiger partial charge in [0, 0.05) is 25.2 Å². The number of anilines is 1. The van der Waals surface area contributed by atoms with Crippen LogP contribution in [0.5, 0.6) is 0 Å². The van der Waals surface area contributed by atoms with Crippen LogP contribution in [-0.4, -0.2) is 59.3 Å². The molecule has 0 heterocycles. The van der Waals surface area contributed by atoms with E-state index in [2.05, 4.69) is 40.4 Å². The Balaban J connectivity index is 2.80. The van der Waals surface area contributed by atoms with Gasteiger partial charge in [-0.1, -0.05) is 62.4 Å². The van der Waals surface area contributed by atoms with Gasteiger partial charge in [0.2, 0.25) is 23.6 Å². The van der Waals surface area contributed by atoms with Crippen LogP contribution in [0.2, 0.25) is 0 Å². The first kappa shape index (κ1) is 35.1. The molecule has 7 N–H and O–H groups in total. The van der Waals surface area contributed by atoms with Crippen LogP contribution >= 0.6 is 22.6 Å². The summed E-state index contributed by atoms with van der Waals surface area (Å²) in [6, 6.07) is 5.18. The molecule has 0 saturated carbocycles. The largest absolute Gasteiger partial charge is 0.355 e. The van der Waals surface area contributed by atoms with Crippen LogP contribution in [-0.2, 0) is 25.6 Å². The zero-order valence-electron chi connectivity index (χ0n) is 24.0. The van der Waals surface area contributed by atoms with Crippen LogP contribution in [0, 0.1) is 11.8 Å². The number of halogens is 1. The van der Waals surface area contributed by atoms with Crippen LogP contribution in [0.3, 0.4) is 0 Å². The summed E-state index contributed by atoms with van der Waals surface area (Å²) in [5, 5.41) is 13.7. The van der Waals surface area contributed by atoms with Gasteiger partial charge in [-0.25, -0.2) is 4.79 Å². The Morgan fingerprint density at radius 1 is 0.825 bits per heavy atom. The highest BCUT2D eigenvalue weighted by atomic mass is 127. The van der Waals surface area contributed by atoms with E-state index in [0.29, 0.717) is 41.8 Å². The third kappa shape index (κ3) is 15.0. The highest BCUT2D eigenvalue weighted by Crippen LogP contribution is 2.14. The fourth-order valence-corrected chi connectivity index (χ4v) is 4.21. The monoisotopic (exact) mass is 672 g/mol. The number of nitrogens with two attached hydrogens (primary N) is 1. The highest BCUT2D eigenvalue weighted by molar-refractivity contribution is 14.1. The van der Waals surface area contributed by atoms with Crippen molar-refractivity contribution in [2.45, 2.75) is 78.3 Å². The molecule has 2 atom stereocenters. The Kier molecular flexibility index (Phi) is 16.9. The zero-order valence-corrected chi connectivity index (χ0v) is 26.1. The Morgan fingerprint density at radius 3 is 2.05 bits per heavy atom. The maximum absolute atomic E-state index is 13.2. The third-order valence-corrected chi connectivity index (χ3v) is 6.70. The minimum atomic E-state index is -0.891. The van der Waals surface area contributed by atoms with Gasteiger partial charge < -0.3 is 32.3 Å². The zero-order chi connectivity index (χ0) is 30.1. The van der Waals surface area contributed by atoms with Gasteiger partial charge in [-0.15, -0.1) is 0 Å². The minimum absolute atomic E-state index is 0.0475. The molecule has 0 saturated heterocycles. The number of alkyl halides is 1. The van der Waals surface area contributed by atoms with Gasteiger partial charge in [-0.05, 0) is 61.6 Å². The Bertz CT molecular complexity index is 970. The van der Waals surface area contributed by atoms with Crippen LogP contribution in [0.4, 0.5) is 10.5 Å². The summed E-state index contributed by atoms with van der Waals surface area (Å²) in [6.07, 6.45) is 3.01. The van der Waals surface area contributed by atoms with Crippen LogP contribution in [0.1, 0.15) is 65.4 Å². The van der Waals surface area contributed by atoms with E-state index in [9.17, 15) is 24.0 Å². The van der Waals surface area contributed by atoms with Gasteiger partial charge in [0.15, 0.2) is 0 Å². The Labute approximate surface area is 251 Å². The molecule has 224 valence electrons. The molecule has 1 aromatic rings. The number of primary amides is 1. The summed E-state index contributed by atoms with van der Waals surface area (Å²) < 4.78 is 0.384. The van der Waals surface area contributed by atoms with E-state index in [0.717, 1.165) is 12.0 Å². The smallest absolute Gasteiger partial charge is 0.312 e. The molecular weight excluding hydrogens is 627 g/mol. The number of carbonyl (C=O) groups excluding carboxylic acids is 5. The van der Waals surface area contributed by atoms with E-state index in [4.69, 9.17) is 5.73 Å². The standard InChI is InChI=1S/C28H45IN6O5/c1-18(2)16-20-10-12-21(13-11-20)33-26(38)22(8-7-15-32-28(30)40)34-27(39)25(19(3)4)35-23(36)9-5-6-14-31-24(37)17-29/h10-13,18-19,22,25H,5-9,14-17H2,1-4H3,(H,31,37)(H,33,38)(H,34,39)(H,35,36)(H3,30,32,40)/t22-,25?/m0/s1. The van der Waals surface area contributed by atoms with Crippen molar-refractivity contribution in [2.75, 3.05) is 22.8 Å². The number of hydrogen-bond acceptors (Lipinski definition) is 5. The molecule has 0 fully saturated rings. The predicted molar refractivity (Wildman–Crippen MR) is 165 cm³/mol. The fraction of sp³-hybridized carbons (Fsp3) is 0.607. The van der Waals surface area contributed by atoms with Gasteiger partial charge in [0.1, 0.15) is 12.1 Å². The topological polar surface area (TPSA) is 172 Å². The summed E-state index contributed by atoms with van der Waals surface area (Å²) in [4.78, 5) is 61.2. The molecule has 40 heavy (non-hydrogen) atoms. The molecule has 1 rings (SSSR count). The highest BCUT2D eigenvalue weighted by Gasteiger charge is 2.28. The van der Waals surface area contributed by atoms with Crippen molar-refractivity contribution < 1.29 is 24.0 Å². The molecule has 0 radical (unpaired) electrons. The van der Waals surface area contributed by atoms with Gasteiger partial charge in [-0.3, -0.25) is 19.2 Å². The van der Waals surface area contributed by atoms with E-state index in [1.807, 2.05) is 60.7 Å². The molecule has 1 aromatic carbocycles. The summed E-state index contributed by atoms with van der Waals surface area (Å²) in [7, 11) is 0. The number of amides is 6. The molecule has 0 aliphatic rings. The summed E-state index contributed by atoms with van der Waals surface area (Å²) in [5.41, 5.74) is 6.90. The number of benzene rings is 1. The van der Waals surface area contributed by atoms with Gasteiger partial charge in [-0.2, -0.15) is 0 Å². The van der Waals surface area contributed by atoms with Crippen molar-refractivity contribution in [1.29, 1.82) is 0 Å². The van der Waals surface area contributed by atoms with Crippen LogP contribution in [0.15, 0.2) is 24.3 Å². The number of unbranched alkanes of at least 4 members (excludes halogenated alkanes) is 1. The number of hydrogen-bond donors (Lipinski definition) is 6. The molecule has 11 nitrogen and oxygen atoms in total. The fourth-order valence-electron chi connectivity index (χ4n) is 3.94. The molecule has 1 unspecified atom stereocenters. The van der Waals surface area contributed by atoms with E-state index < -0.39 is 29.9 Å². The van der Waals surface area contributed by atoms with Crippen molar-refractivity contribution in [3.05, 3.63) is 29.8 Å². The van der Waals surface area contributed by atoms with Crippen molar-refractivity contribution in [2.24, 2.45) is 17.6 Å². The number of carbonyl (C=O) groups is 5. The van der Waals surface area contributed by atoms with Gasteiger partial charge in [0.25, 0.3) is 0 Å². The Hall–Kier alpha value is -2.90. The lowest BCUT2D eigenvalue weighted by molar-refractivity contribution is -0.132. The normalized spacial score (nSPS) is 12.4. The van der Waals surface area contributed by atoms with Crippen molar-refractivity contribution in [1.82, 2.24) is 21.3 Å². The lowest BCUT2D eigenvalue weighted by Crippen LogP contribution is -2.54. The third-order valence-electron chi connectivity index (χ3n) is 6.01. The van der Waals surface area contributed by atoms with Crippen LogP contribution in [0.25, 0.3) is 0 Å². The first-order valence-electron chi connectivity index (χ1n) is 13.8. The van der Waals surface area contributed by atoms with Crippen LogP contribution < -0.4 is 32.3 Å². The molecule has 0 aromatic heterocycles. The van der Waals surface area contributed by atoms with E-state index in [1.54, 1.807) is 0 Å². The minimum Gasteiger partial charge on any atom is -0.355 e. The van der Waals surface area contributed by atoms with E-state index in [1.165, 1.54) is 0 Å². The molecule has 6 amide bonds. The second kappa shape index (κ2) is 19.2. The second-order valence-corrected chi connectivity index (χ2v) is 11.3. The maximum Gasteiger partial charge on any atom is 0.312 e. The average molecular weight is 673 g/mol. The summed E-state index contributed by atoms with van der Waals surface area (Å²) >= 11 is 1.98. The second-order valence-electron chi connectivity index (χ2n) is 10.5. The predicted octanol–water partition coefficient (Wildman–Crippen LogP) is 2.62. The molecular formula is C28H45IN6O5.